The Hall–Kier alpha value is -2.33. The van der Waals surface area contributed by atoms with Crippen LogP contribution in [-0.2, 0) is 23.2 Å². The van der Waals surface area contributed by atoms with Crippen molar-refractivity contribution in [3.8, 4) is 11.5 Å². The molecule has 0 aromatic heterocycles. The van der Waals surface area contributed by atoms with Crippen LogP contribution in [0.5, 0.6) is 11.5 Å². The number of sulfonamides is 1. The van der Waals surface area contributed by atoms with Crippen molar-refractivity contribution in [1.29, 1.82) is 0 Å². The zero-order valence-electron chi connectivity index (χ0n) is 17.8. The van der Waals surface area contributed by atoms with Crippen molar-refractivity contribution in [2.24, 2.45) is 0 Å². The first kappa shape index (κ1) is 22.8. The molecule has 0 spiro atoms. The summed E-state index contributed by atoms with van der Waals surface area (Å²) in [5.74, 6) is 2.99. The molecular weight excluding hydrogens is 539 g/mol. The van der Waals surface area contributed by atoms with Crippen LogP contribution < -0.4 is 23.6 Å². The Morgan fingerprint density at radius 1 is 0.969 bits per heavy atom. The molecule has 0 saturated carbocycles. The number of rotatable bonds is 6. The van der Waals surface area contributed by atoms with Crippen molar-refractivity contribution in [2.75, 3.05) is 30.4 Å². The van der Waals surface area contributed by atoms with Gasteiger partial charge in [0.25, 0.3) is 0 Å². The second-order valence-electron chi connectivity index (χ2n) is 6.86. The molecule has 1 heterocycles. The van der Waals surface area contributed by atoms with E-state index in [1.165, 1.54) is 24.6 Å². The van der Waals surface area contributed by atoms with Crippen LogP contribution in [0.3, 0.4) is 0 Å². The Bertz CT molecular complexity index is 1310. The molecule has 4 rings (SSSR count). The summed E-state index contributed by atoms with van der Waals surface area (Å²) in [6.07, 6.45) is 0. The van der Waals surface area contributed by atoms with Gasteiger partial charge in [-0.1, -0.05) is 0 Å². The number of nitrogens with one attached hydrogen (secondary N) is 1. The van der Waals surface area contributed by atoms with Crippen LogP contribution in [0.4, 0.5) is 11.4 Å². The molecule has 0 aliphatic carbocycles. The number of para-hydroxylation sites is 2. The van der Waals surface area contributed by atoms with Gasteiger partial charge in [0.1, 0.15) is 0 Å². The summed E-state index contributed by atoms with van der Waals surface area (Å²) in [7, 11) is -0.849. The quantitative estimate of drug-likeness (QED) is 0.488. The van der Waals surface area contributed by atoms with Gasteiger partial charge in [-0.2, -0.15) is 0 Å². The van der Waals surface area contributed by atoms with E-state index in [1.807, 2.05) is 48.5 Å². The SMILES string of the molecule is COc1ccc(S(=O)(=O)N2C[C](Nc3ccccc3Br)=[Co]([CH3])[c]3ccccc32)cc1OC. The van der Waals surface area contributed by atoms with E-state index in [0.29, 0.717) is 17.2 Å². The number of hydrogen-bond donors (Lipinski definition) is 1. The summed E-state index contributed by atoms with van der Waals surface area (Å²) in [6.45, 7) is 0.232. The minimum atomic E-state index is -3.86. The zero-order valence-corrected chi connectivity index (χ0v) is 21.2. The number of hydrogen-bond acceptors (Lipinski definition) is 5. The summed E-state index contributed by atoms with van der Waals surface area (Å²) in [4.78, 5) is 0.146. The molecule has 6 nitrogen and oxygen atoms in total. The molecule has 32 heavy (non-hydrogen) atoms. The maximum atomic E-state index is 13.8. The van der Waals surface area contributed by atoms with Crippen molar-refractivity contribution >= 4 is 46.4 Å². The monoisotopic (exact) mass is 561 g/mol. The molecule has 1 N–H and O–H groups in total. The number of halogens is 1. The second-order valence-corrected chi connectivity index (χ2v) is 12.1. The van der Waals surface area contributed by atoms with Gasteiger partial charge in [0, 0.05) is 0 Å². The van der Waals surface area contributed by atoms with Crippen LogP contribution in [0.1, 0.15) is 0 Å². The van der Waals surface area contributed by atoms with E-state index < -0.39 is 23.2 Å². The maximum absolute atomic E-state index is 13.8. The predicted molar refractivity (Wildman–Crippen MR) is 129 cm³/mol. The first-order valence-corrected chi connectivity index (χ1v) is 13.9. The molecule has 9 heteroatoms. The molecule has 1 aliphatic heterocycles. The van der Waals surface area contributed by atoms with Crippen molar-refractivity contribution in [3.05, 3.63) is 71.2 Å². The summed E-state index contributed by atoms with van der Waals surface area (Å²) >= 11 is 2.86. The van der Waals surface area contributed by atoms with Gasteiger partial charge in [-0.05, 0) is 0 Å². The van der Waals surface area contributed by atoms with Gasteiger partial charge in [0.05, 0.1) is 0 Å². The summed E-state index contributed by atoms with van der Waals surface area (Å²) in [6, 6.07) is 20.1. The number of methoxy groups -OCH3 is 2. The third-order valence-corrected chi connectivity index (χ3v) is 10.00. The average Bonchev–Trinajstić information content (AvgIpc) is 2.81. The first-order chi connectivity index (χ1) is 15.4. The van der Waals surface area contributed by atoms with Crippen LogP contribution in [-0.4, -0.2) is 33.8 Å². The molecule has 0 radical (unpaired) electrons. The van der Waals surface area contributed by atoms with Crippen LogP contribution in [0.2, 0.25) is 5.86 Å². The number of nitrogens with zero attached hydrogens (tertiary/aromatic N) is 1. The molecule has 0 atom stereocenters. The van der Waals surface area contributed by atoms with E-state index in [2.05, 4.69) is 27.1 Å². The van der Waals surface area contributed by atoms with Crippen LogP contribution in [0.15, 0.2) is 76.1 Å². The second kappa shape index (κ2) is 9.26. The molecule has 1 aliphatic rings. The fourth-order valence-corrected chi connectivity index (χ4v) is 7.46. The predicted octanol–water partition coefficient (Wildman–Crippen LogP) is 4.21. The Kier molecular flexibility index (Phi) is 6.61. The molecule has 0 amide bonds. The fourth-order valence-electron chi connectivity index (χ4n) is 3.37. The van der Waals surface area contributed by atoms with Gasteiger partial charge in [-0.3, -0.25) is 0 Å². The number of anilines is 2. The molecule has 0 bridgehead atoms. The van der Waals surface area contributed by atoms with Crippen molar-refractivity contribution in [1.82, 2.24) is 0 Å². The first-order valence-electron chi connectivity index (χ1n) is 9.59. The molecular formula is C23H23BrCoN2O4S. The van der Waals surface area contributed by atoms with E-state index in [9.17, 15) is 8.42 Å². The third-order valence-electron chi connectivity index (χ3n) is 5.03. The molecule has 171 valence electrons. The normalized spacial score (nSPS) is 14.7. The summed E-state index contributed by atoms with van der Waals surface area (Å²) in [5.41, 5.74) is 1.60. The van der Waals surface area contributed by atoms with Gasteiger partial charge < -0.3 is 0 Å². The Morgan fingerprint density at radius 3 is 2.38 bits per heavy atom. The van der Waals surface area contributed by atoms with Crippen molar-refractivity contribution in [2.45, 2.75) is 10.8 Å². The van der Waals surface area contributed by atoms with Crippen molar-refractivity contribution in [3.63, 3.8) is 0 Å². The van der Waals surface area contributed by atoms with Crippen LogP contribution >= 0.6 is 15.9 Å². The van der Waals surface area contributed by atoms with Gasteiger partial charge in [0.2, 0.25) is 0 Å². The Balaban J connectivity index is 1.80. The number of ether oxygens (including phenoxy) is 2. The number of fused-ring (bicyclic) bond motifs is 1. The zero-order chi connectivity index (χ0) is 22.9. The summed E-state index contributed by atoms with van der Waals surface area (Å²) in [5, 5.41) is 3.48. The standard InChI is InChI=1S/C22H20BrN2O4S.CH3.Co/c1-28-21-13-12-18(16-22(21)29-2)30(26,27)25(17-8-4-3-5-9-17)15-14-24-20-11-7-6-10-19(20)23;;/h3-8,10-13,16,24H,15H2,1-2H3;1H3;. The van der Waals surface area contributed by atoms with Gasteiger partial charge >= 0.3 is 201 Å². The van der Waals surface area contributed by atoms with E-state index in [-0.39, 0.29) is 11.4 Å². The topological polar surface area (TPSA) is 67.9 Å². The van der Waals surface area contributed by atoms with E-state index in [1.54, 1.807) is 12.1 Å². The fraction of sp³-hybridized carbons (Fsp3) is 0.174. The van der Waals surface area contributed by atoms with Crippen LogP contribution in [0, 0.1) is 0 Å². The molecule has 0 saturated heterocycles. The van der Waals surface area contributed by atoms with Gasteiger partial charge in [-0.15, -0.1) is 0 Å². The average molecular weight is 562 g/mol. The molecule has 3 aromatic rings. The summed E-state index contributed by atoms with van der Waals surface area (Å²) < 4.78 is 42.5. The third kappa shape index (κ3) is 4.17. The number of benzene rings is 3. The molecule has 0 fully saturated rings. The van der Waals surface area contributed by atoms with E-state index in [4.69, 9.17) is 9.47 Å². The molecule has 0 unspecified atom stereocenters. The Labute approximate surface area is 200 Å². The minimum absolute atomic E-state index is 0.146. The van der Waals surface area contributed by atoms with E-state index in [0.717, 1.165) is 19.2 Å². The van der Waals surface area contributed by atoms with Gasteiger partial charge in [-0.25, -0.2) is 0 Å². The van der Waals surface area contributed by atoms with E-state index >= 15 is 0 Å². The molecule has 3 aromatic carbocycles. The van der Waals surface area contributed by atoms with Gasteiger partial charge in [0.15, 0.2) is 0 Å². The van der Waals surface area contributed by atoms with Crippen LogP contribution in [0.25, 0.3) is 0 Å². The Morgan fingerprint density at radius 2 is 1.66 bits per heavy atom. The van der Waals surface area contributed by atoms with Crippen molar-refractivity contribution < 1.29 is 31.1 Å².